The molecule has 27 heavy (non-hydrogen) atoms. The normalized spacial score (nSPS) is 11.9. The maximum absolute atomic E-state index is 12.3. The van der Waals surface area contributed by atoms with Crippen molar-refractivity contribution in [2.45, 2.75) is 13.0 Å². The van der Waals surface area contributed by atoms with Gasteiger partial charge in [0.05, 0.1) is 16.8 Å². The molecule has 0 spiro atoms. The van der Waals surface area contributed by atoms with Crippen molar-refractivity contribution in [3.05, 3.63) is 76.6 Å². The van der Waals surface area contributed by atoms with E-state index in [4.69, 9.17) is 16.3 Å². The molecule has 3 aromatic rings. The smallest absolute Gasteiger partial charge is 0.273 e. The number of carbonyl (C=O) groups excluding carboxylic acids is 1. The Labute approximate surface area is 162 Å². The van der Waals surface area contributed by atoms with Crippen molar-refractivity contribution in [2.24, 2.45) is 7.05 Å². The van der Waals surface area contributed by atoms with Gasteiger partial charge in [0.25, 0.3) is 5.91 Å². The molecule has 0 radical (unpaired) electrons. The second-order valence-corrected chi connectivity index (χ2v) is 6.46. The maximum Gasteiger partial charge on any atom is 0.273 e. The van der Waals surface area contributed by atoms with Gasteiger partial charge in [0.2, 0.25) is 0 Å². The fourth-order valence-corrected chi connectivity index (χ4v) is 2.77. The Morgan fingerprint density at radius 2 is 1.93 bits per heavy atom. The number of hydrogen-bond donors (Lipinski definition) is 2. The maximum atomic E-state index is 12.3. The van der Waals surface area contributed by atoms with Crippen molar-refractivity contribution in [1.82, 2.24) is 15.1 Å². The summed E-state index contributed by atoms with van der Waals surface area (Å²) < 4.78 is 7.31. The molecule has 0 saturated carbocycles. The molecule has 0 fully saturated rings. The lowest BCUT2D eigenvalue weighted by atomic mass is 10.1. The highest BCUT2D eigenvalue weighted by Crippen LogP contribution is 2.24. The Hall–Kier alpha value is -2.83. The summed E-state index contributed by atoms with van der Waals surface area (Å²) in [7, 11) is 1.71. The first-order valence-corrected chi connectivity index (χ1v) is 8.81. The number of nitrogens with one attached hydrogen (secondary N) is 1. The summed E-state index contributed by atoms with van der Waals surface area (Å²) in [4.78, 5) is 12.3. The number of aryl methyl sites for hydroxylation is 1. The van der Waals surface area contributed by atoms with Crippen LogP contribution in [-0.2, 0) is 7.05 Å². The van der Waals surface area contributed by atoms with E-state index in [9.17, 15) is 9.90 Å². The zero-order chi connectivity index (χ0) is 19.4. The van der Waals surface area contributed by atoms with Crippen molar-refractivity contribution in [3.63, 3.8) is 0 Å². The number of ether oxygens (including phenoxy) is 1. The van der Waals surface area contributed by atoms with Crippen LogP contribution in [0.4, 0.5) is 0 Å². The SMILES string of the molecule is Cc1c(Cl)c(C(=O)NC[C@@H](O)c2cccc(Oc3ccccc3)c2)nn1C. The Bertz CT molecular complexity index is 941. The molecule has 6 nitrogen and oxygen atoms in total. The molecular weight excluding hydrogens is 366 g/mol. The van der Waals surface area contributed by atoms with E-state index in [0.717, 1.165) is 0 Å². The summed E-state index contributed by atoms with van der Waals surface area (Å²) in [6.45, 7) is 1.80. The van der Waals surface area contributed by atoms with Crippen LogP contribution in [0.15, 0.2) is 54.6 Å². The van der Waals surface area contributed by atoms with Gasteiger partial charge in [-0.2, -0.15) is 5.10 Å². The molecule has 1 amide bonds. The number of nitrogens with zero attached hydrogens (tertiary/aromatic N) is 2. The van der Waals surface area contributed by atoms with Gasteiger partial charge < -0.3 is 15.2 Å². The standard InChI is InChI=1S/C20H20ClN3O3/c1-13-18(21)19(23-24(13)2)20(26)22-12-17(25)14-7-6-10-16(11-14)27-15-8-4-3-5-9-15/h3-11,17,25H,12H2,1-2H3,(H,22,26)/t17-/m1/s1. The van der Waals surface area contributed by atoms with E-state index in [0.29, 0.717) is 27.8 Å². The third-order valence-electron chi connectivity index (χ3n) is 4.15. The molecule has 2 N–H and O–H groups in total. The van der Waals surface area contributed by atoms with Gasteiger partial charge in [-0.05, 0) is 36.8 Å². The quantitative estimate of drug-likeness (QED) is 0.679. The van der Waals surface area contributed by atoms with Gasteiger partial charge in [-0.25, -0.2) is 0 Å². The molecule has 0 unspecified atom stereocenters. The average Bonchev–Trinajstić information content (AvgIpc) is 2.94. The van der Waals surface area contributed by atoms with Crippen molar-refractivity contribution < 1.29 is 14.6 Å². The predicted molar refractivity (Wildman–Crippen MR) is 103 cm³/mol. The monoisotopic (exact) mass is 385 g/mol. The van der Waals surface area contributed by atoms with Crippen LogP contribution in [0.25, 0.3) is 0 Å². The molecule has 1 heterocycles. The lowest BCUT2D eigenvalue weighted by Gasteiger charge is -2.13. The highest BCUT2D eigenvalue weighted by atomic mass is 35.5. The van der Waals surface area contributed by atoms with Gasteiger partial charge in [-0.3, -0.25) is 9.48 Å². The number of aromatic nitrogens is 2. The van der Waals surface area contributed by atoms with Crippen LogP contribution in [0.1, 0.15) is 27.8 Å². The number of para-hydroxylation sites is 1. The molecule has 0 saturated heterocycles. The van der Waals surface area contributed by atoms with E-state index >= 15 is 0 Å². The van der Waals surface area contributed by atoms with Crippen molar-refractivity contribution in [3.8, 4) is 11.5 Å². The van der Waals surface area contributed by atoms with Crippen LogP contribution in [0.2, 0.25) is 5.02 Å². The van der Waals surface area contributed by atoms with Crippen LogP contribution in [0.3, 0.4) is 0 Å². The van der Waals surface area contributed by atoms with E-state index in [1.165, 1.54) is 4.68 Å². The van der Waals surface area contributed by atoms with Crippen LogP contribution in [0, 0.1) is 6.92 Å². The summed E-state index contributed by atoms with van der Waals surface area (Å²) in [5.74, 6) is 0.879. The Morgan fingerprint density at radius 3 is 2.59 bits per heavy atom. The second-order valence-electron chi connectivity index (χ2n) is 6.09. The predicted octanol–water partition coefficient (Wildman–Crippen LogP) is 3.64. The van der Waals surface area contributed by atoms with E-state index in [1.54, 1.807) is 38.2 Å². The van der Waals surface area contributed by atoms with Crippen LogP contribution >= 0.6 is 11.6 Å². The molecule has 0 aliphatic rings. The van der Waals surface area contributed by atoms with Crippen molar-refractivity contribution in [2.75, 3.05) is 6.54 Å². The molecule has 1 aromatic heterocycles. The fraction of sp³-hybridized carbons (Fsp3) is 0.200. The Kier molecular flexibility index (Phi) is 5.78. The number of aliphatic hydroxyl groups is 1. The fourth-order valence-electron chi connectivity index (χ4n) is 2.53. The lowest BCUT2D eigenvalue weighted by molar-refractivity contribution is 0.0911. The lowest BCUT2D eigenvalue weighted by Crippen LogP contribution is -2.29. The van der Waals surface area contributed by atoms with Crippen molar-refractivity contribution >= 4 is 17.5 Å². The van der Waals surface area contributed by atoms with E-state index < -0.39 is 12.0 Å². The zero-order valence-corrected chi connectivity index (χ0v) is 15.8. The summed E-state index contributed by atoms with van der Waals surface area (Å²) in [6.07, 6.45) is -0.892. The molecule has 2 aromatic carbocycles. The third-order valence-corrected chi connectivity index (χ3v) is 4.61. The first-order valence-electron chi connectivity index (χ1n) is 8.44. The minimum absolute atomic E-state index is 0.0274. The minimum atomic E-state index is -0.892. The van der Waals surface area contributed by atoms with Gasteiger partial charge in [-0.15, -0.1) is 0 Å². The summed E-state index contributed by atoms with van der Waals surface area (Å²) in [5, 5.41) is 17.5. The number of halogens is 1. The van der Waals surface area contributed by atoms with Gasteiger partial charge in [0.1, 0.15) is 11.5 Å². The topological polar surface area (TPSA) is 76.4 Å². The highest BCUT2D eigenvalue weighted by Gasteiger charge is 2.19. The number of carbonyl (C=O) groups is 1. The number of amides is 1. The molecule has 1 atom stereocenters. The van der Waals surface area contributed by atoms with E-state index in [1.807, 2.05) is 30.3 Å². The van der Waals surface area contributed by atoms with Gasteiger partial charge in [-0.1, -0.05) is 41.9 Å². The molecule has 3 rings (SSSR count). The van der Waals surface area contributed by atoms with Crippen LogP contribution < -0.4 is 10.1 Å². The summed E-state index contributed by atoms with van der Waals surface area (Å²) in [5.41, 5.74) is 1.48. The number of benzene rings is 2. The van der Waals surface area contributed by atoms with Crippen LogP contribution in [-0.4, -0.2) is 27.3 Å². The van der Waals surface area contributed by atoms with Gasteiger partial charge >= 0.3 is 0 Å². The minimum Gasteiger partial charge on any atom is -0.457 e. The zero-order valence-electron chi connectivity index (χ0n) is 15.0. The van der Waals surface area contributed by atoms with E-state index in [-0.39, 0.29) is 12.2 Å². The Morgan fingerprint density at radius 1 is 1.22 bits per heavy atom. The summed E-state index contributed by atoms with van der Waals surface area (Å²) >= 11 is 6.12. The molecule has 140 valence electrons. The Balaban J connectivity index is 1.64. The highest BCUT2D eigenvalue weighted by molar-refractivity contribution is 6.34. The summed E-state index contributed by atoms with van der Waals surface area (Å²) in [6, 6.07) is 16.5. The largest absolute Gasteiger partial charge is 0.457 e. The number of aliphatic hydroxyl groups excluding tert-OH is 1. The van der Waals surface area contributed by atoms with E-state index in [2.05, 4.69) is 10.4 Å². The number of hydrogen-bond acceptors (Lipinski definition) is 4. The molecular formula is C20H20ClN3O3. The molecule has 0 bridgehead atoms. The van der Waals surface area contributed by atoms with Crippen molar-refractivity contribution in [1.29, 1.82) is 0 Å². The first-order chi connectivity index (χ1) is 13.0. The van der Waals surface area contributed by atoms with Gasteiger partial charge in [0, 0.05) is 13.6 Å². The third kappa shape index (κ3) is 4.48. The second kappa shape index (κ2) is 8.24. The molecule has 7 heteroatoms. The van der Waals surface area contributed by atoms with Crippen LogP contribution in [0.5, 0.6) is 11.5 Å². The first kappa shape index (κ1) is 18.9. The van der Waals surface area contributed by atoms with Gasteiger partial charge in [0.15, 0.2) is 5.69 Å². The molecule has 0 aliphatic carbocycles. The average molecular weight is 386 g/mol. The number of rotatable bonds is 6. The molecule has 0 aliphatic heterocycles.